The number of nitrogens with zero attached hydrogens (tertiary/aromatic N) is 2. The van der Waals surface area contributed by atoms with Gasteiger partial charge in [-0.15, -0.1) is 54.1 Å². The van der Waals surface area contributed by atoms with Gasteiger partial charge in [-0.3, -0.25) is 0 Å². The largest absolute Gasteiger partial charge is 0.501 e. The minimum Gasteiger partial charge on any atom is -0.501 e. The molecule has 3 aromatic heterocycles. The van der Waals surface area contributed by atoms with Crippen molar-refractivity contribution in [2.45, 2.75) is 85.3 Å². The number of rotatable bonds is 5. The predicted molar refractivity (Wildman–Crippen MR) is 238 cm³/mol. The van der Waals surface area contributed by atoms with Crippen LogP contribution in [0.15, 0.2) is 138 Å². The van der Waals surface area contributed by atoms with Crippen LogP contribution in [0.1, 0.15) is 98.0 Å². The van der Waals surface area contributed by atoms with Crippen LogP contribution >= 0.6 is 0 Å². The van der Waals surface area contributed by atoms with Crippen molar-refractivity contribution in [3.8, 4) is 44.8 Å². The van der Waals surface area contributed by atoms with Gasteiger partial charge in [0.15, 0.2) is 0 Å². The normalized spacial score (nSPS) is 16.9. The summed E-state index contributed by atoms with van der Waals surface area (Å²) in [6.45, 7) is 5.87. The second kappa shape index (κ2) is 17.0. The molecule has 4 heteroatoms. The van der Waals surface area contributed by atoms with Gasteiger partial charge in [-0.05, 0) is 124 Å². The number of hydrogen-bond donors (Lipinski definition) is 0. The van der Waals surface area contributed by atoms with E-state index in [0.717, 1.165) is 46.0 Å². The summed E-state index contributed by atoms with van der Waals surface area (Å²) in [6, 6.07) is 45.1. The zero-order valence-electron chi connectivity index (χ0n) is 40.7. The molecule has 1 fully saturated rings. The molecule has 0 aliphatic heterocycles. The van der Waals surface area contributed by atoms with Crippen molar-refractivity contribution in [1.29, 1.82) is 0 Å². The molecule has 0 amide bonds. The van der Waals surface area contributed by atoms with E-state index in [4.69, 9.17) is 12.6 Å². The van der Waals surface area contributed by atoms with Crippen LogP contribution in [-0.4, -0.2) is 9.97 Å². The van der Waals surface area contributed by atoms with E-state index in [0.29, 0.717) is 40.8 Å². The van der Waals surface area contributed by atoms with Crippen molar-refractivity contribution in [2.24, 2.45) is 5.41 Å². The molecule has 0 spiro atoms. The number of aromatic nitrogens is 2. The van der Waals surface area contributed by atoms with Crippen LogP contribution in [0.4, 0.5) is 0 Å². The molecule has 5 aromatic carbocycles. The summed E-state index contributed by atoms with van der Waals surface area (Å²) in [6.07, 6.45) is 6.27. The number of pyridine rings is 2. The molecule has 58 heavy (non-hydrogen) atoms. The van der Waals surface area contributed by atoms with E-state index in [9.17, 15) is 1.37 Å². The first-order chi connectivity index (χ1) is 30.2. The summed E-state index contributed by atoms with van der Waals surface area (Å²) in [5.41, 5.74) is 9.10. The Kier molecular flexibility index (Phi) is 9.59. The molecule has 1 aliphatic rings. The topological polar surface area (TPSA) is 38.9 Å². The average Bonchev–Trinajstić information content (AvgIpc) is 3.65. The molecule has 295 valence electrons. The van der Waals surface area contributed by atoms with E-state index in [1.165, 1.54) is 11.8 Å². The fourth-order valence-corrected chi connectivity index (χ4v) is 7.62. The summed E-state index contributed by atoms with van der Waals surface area (Å²) in [7, 11) is 0. The quantitative estimate of drug-likeness (QED) is 0.161. The molecule has 3 heterocycles. The van der Waals surface area contributed by atoms with E-state index in [1.807, 2.05) is 66.9 Å². The van der Waals surface area contributed by atoms with Crippen LogP contribution in [0.2, 0.25) is 0 Å². The molecule has 1 saturated carbocycles. The smallest absolute Gasteiger partial charge is 0.120 e. The Balaban J connectivity index is 0.000000313. The summed E-state index contributed by atoms with van der Waals surface area (Å²) < 4.78 is 66.1. The van der Waals surface area contributed by atoms with Crippen molar-refractivity contribution in [3.63, 3.8) is 0 Å². The van der Waals surface area contributed by atoms with Crippen LogP contribution < -0.4 is 0 Å². The minimum absolute atomic E-state index is 0. The van der Waals surface area contributed by atoms with Gasteiger partial charge in [-0.25, -0.2) is 0 Å². The summed E-state index contributed by atoms with van der Waals surface area (Å²) in [4.78, 5) is 9.06. The van der Waals surface area contributed by atoms with E-state index in [1.54, 1.807) is 30.3 Å². The van der Waals surface area contributed by atoms with E-state index in [-0.39, 0.29) is 53.2 Å². The van der Waals surface area contributed by atoms with Gasteiger partial charge in [0.1, 0.15) is 5.58 Å². The average molecular weight is 944 g/mol. The molecule has 3 nitrogen and oxygen atoms in total. The first-order valence-electron chi connectivity index (χ1n) is 23.2. The van der Waals surface area contributed by atoms with Gasteiger partial charge < -0.3 is 14.4 Å². The number of hydrogen-bond acceptors (Lipinski definition) is 3. The van der Waals surface area contributed by atoms with Crippen molar-refractivity contribution in [1.82, 2.24) is 9.97 Å². The fraction of sp³-hybridized carbons (Fsp3) is 0.259. The van der Waals surface area contributed by atoms with Gasteiger partial charge >= 0.3 is 0 Å². The third-order valence-corrected chi connectivity index (χ3v) is 11.2. The number of furan rings is 1. The van der Waals surface area contributed by atoms with Crippen molar-refractivity contribution < 1.29 is 34.1 Å². The second-order valence-corrected chi connectivity index (χ2v) is 16.9. The number of benzene rings is 5. The Morgan fingerprint density at radius 2 is 1.48 bits per heavy atom. The Morgan fingerprint density at radius 3 is 2.19 bits per heavy atom. The van der Waals surface area contributed by atoms with Crippen molar-refractivity contribution >= 4 is 21.9 Å². The number of fused-ring (bicyclic) bond motifs is 3. The molecule has 0 atom stereocenters. The molecule has 0 N–H and O–H groups in total. The Labute approximate surface area is 368 Å². The Morgan fingerprint density at radius 1 is 0.707 bits per heavy atom. The zero-order chi connectivity index (χ0) is 45.7. The van der Waals surface area contributed by atoms with Crippen molar-refractivity contribution in [2.75, 3.05) is 0 Å². The Hall–Kier alpha value is -5.15. The summed E-state index contributed by atoms with van der Waals surface area (Å²) >= 11 is 0. The van der Waals surface area contributed by atoms with Crippen molar-refractivity contribution in [3.05, 3.63) is 168 Å². The van der Waals surface area contributed by atoms with Crippen LogP contribution in [0.3, 0.4) is 0 Å². The van der Waals surface area contributed by atoms with Gasteiger partial charge in [0, 0.05) is 47.5 Å². The standard InChI is InChI=1S/C39H36NO.C15H16N.Ir/c1-25-21-29(28-17-19-39(3,4)20-18-28)13-15-31(25)34-23-36(40-24-26(34)2)33-12-8-11-32-35-22-30(27-9-6-5-7-10-27)14-16-37(35)41-38(32)33;1-15(2,3)13-9-10-14(16-11-13)12-7-5-4-6-8-12;/h5-11,13-16,21-24,28H,17-20H2,1-4H3;4-7,9-11H,1-3H3;/q2*-1;/i1D3,2D3,28D;;. The third-order valence-electron chi connectivity index (χ3n) is 11.2. The molecular weight excluding hydrogens is 885 g/mol. The maximum absolute atomic E-state index is 9.29. The van der Waals surface area contributed by atoms with E-state index in [2.05, 4.69) is 87.1 Å². The monoisotopic (exact) mass is 944 g/mol. The second-order valence-electron chi connectivity index (χ2n) is 16.9. The van der Waals surface area contributed by atoms with Crippen LogP contribution in [-0.2, 0) is 25.5 Å². The van der Waals surface area contributed by atoms with Gasteiger partial charge in [0.25, 0.3) is 0 Å². The molecule has 0 saturated heterocycles. The molecule has 1 radical (unpaired) electrons. The molecular formula is C54H52IrN2O-2. The summed E-state index contributed by atoms with van der Waals surface area (Å²) in [5, 5.41) is 1.79. The third kappa shape index (κ3) is 8.80. The van der Waals surface area contributed by atoms with E-state index >= 15 is 0 Å². The molecule has 8 aromatic rings. The predicted octanol–water partition coefficient (Wildman–Crippen LogP) is 14.9. The van der Waals surface area contributed by atoms with Gasteiger partial charge in [-0.2, -0.15) is 0 Å². The van der Waals surface area contributed by atoms with E-state index < -0.39 is 19.6 Å². The zero-order valence-corrected chi connectivity index (χ0v) is 36.1. The molecule has 0 bridgehead atoms. The molecule has 0 unspecified atom stereocenters. The van der Waals surface area contributed by atoms with Gasteiger partial charge in [0.2, 0.25) is 0 Å². The van der Waals surface area contributed by atoms with Gasteiger partial charge in [0.05, 0.1) is 5.58 Å². The van der Waals surface area contributed by atoms with Crippen LogP contribution in [0.25, 0.3) is 66.7 Å². The van der Waals surface area contributed by atoms with Crippen LogP contribution in [0, 0.1) is 31.3 Å². The SMILES string of the molecule is CC(C)(C)c1ccc(-c2[c-]cccc2)nc1.[2H]C([2H])([2H])c1cnc(-c2[c-]ccc3c2oc2ccc(-c4ccccc4)cc23)cc1-c1ccc(C2([2H])CCC(C)(C)CC2)cc1C([2H])([2H])[2H].[Ir]. The minimum atomic E-state index is -2.56. The first-order valence-corrected chi connectivity index (χ1v) is 19.7. The molecule has 9 rings (SSSR count). The summed E-state index contributed by atoms with van der Waals surface area (Å²) in [5.74, 6) is -0.906. The van der Waals surface area contributed by atoms with Crippen LogP contribution in [0.5, 0.6) is 0 Å². The maximum atomic E-state index is 9.29. The molecule has 1 aliphatic carbocycles. The number of aryl methyl sites for hydroxylation is 2. The Bertz CT molecular complexity index is 2920. The maximum Gasteiger partial charge on any atom is 0.120 e. The first kappa shape index (κ1) is 32.8. The van der Waals surface area contributed by atoms with Gasteiger partial charge in [-0.1, -0.05) is 118 Å². The fourth-order valence-electron chi connectivity index (χ4n) is 7.62.